The summed E-state index contributed by atoms with van der Waals surface area (Å²) in [5.74, 6) is 0.813. The smallest absolute Gasteiger partial charge is 0.141 e. The van der Waals surface area contributed by atoms with E-state index in [4.69, 9.17) is 11.5 Å². The van der Waals surface area contributed by atoms with Crippen LogP contribution in [0.2, 0.25) is 0 Å². The zero-order valence-electron chi connectivity index (χ0n) is 9.81. The highest BCUT2D eigenvalue weighted by Crippen LogP contribution is 2.14. The summed E-state index contributed by atoms with van der Waals surface area (Å²) in [6.07, 6.45) is 2.00. The van der Waals surface area contributed by atoms with E-state index in [1.165, 1.54) is 0 Å². The molecule has 88 valence electrons. The van der Waals surface area contributed by atoms with Gasteiger partial charge in [-0.1, -0.05) is 13.8 Å². The number of nitrogens with two attached hydrogens (primary N) is 2. The van der Waals surface area contributed by atoms with E-state index in [2.05, 4.69) is 4.98 Å². The van der Waals surface area contributed by atoms with E-state index in [9.17, 15) is 4.79 Å². The predicted molar refractivity (Wildman–Crippen MR) is 64.7 cm³/mol. The summed E-state index contributed by atoms with van der Waals surface area (Å²) < 4.78 is 0. The molecule has 0 radical (unpaired) electrons. The maximum Gasteiger partial charge on any atom is 0.141 e. The first-order valence-corrected chi connectivity index (χ1v) is 5.47. The van der Waals surface area contributed by atoms with Crippen molar-refractivity contribution in [3.8, 4) is 0 Å². The fourth-order valence-corrected chi connectivity index (χ4v) is 1.71. The number of rotatable bonds is 5. The van der Waals surface area contributed by atoms with E-state index in [0.29, 0.717) is 18.8 Å². The number of aromatic nitrogens is 1. The molecule has 1 heterocycles. The van der Waals surface area contributed by atoms with E-state index in [1.54, 1.807) is 12.3 Å². The minimum Gasteiger partial charge on any atom is -0.384 e. The molecule has 0 bridgehead atoms. The molecule has 1 atom stereocenters. The Kier molecular flexibility index (Phi) is 4.43. The zero-order chi connectivity index (χ0) is 12.1. The number of Topliss-reactive ketones (excluding diaryl/α,β-unsaturated/α-hetero) is 1. The first-order valence-electron chi connectivity index (χ1n) is 5.47. The number of pyridine rings is 1. The Morgan fingerprint density at radius 1 is 1.50 bits per heavy atom. The molecule has 0 aliphatic heterocycles. The van der Waals surface area contributed by atoms with Crippen LogP contribution in [0.1, 0.15) is 19.4 Å². The van der Waals surface area contributed by atoms with Crippen LogP contribution in [-0.4, -0.2) is 17.3 Å². The van der Waals surface area contributed by atoms with Crippen LogP contribution in [0.5, 0.6) is 0 Å². The molecule has 0 saturated heterocycles. The average molecular weight is 221 g/mol. The third-order valence-corrected chi connectivity index (χ3v) is 2.70. The van der Waals surface area contributed by atoms with Crippen LogP contribution in [0.4, 0.5) is 5.82 Å². The molecule has 4 heteroatoms. The molecular weight excluding hydrogens is 202 g/mol. The minimum atomic E-state index is -0.0746. The molecule has 0 aliphatic carbocycles. The van der Waals surface area contributed by atoms with Crippen LogP contribution in [0.25, 0.3) is 0 Å². The van der Waals surface area contributed by atoms with E-state index in [1.807, 2.05) is 19.9 Å². The predicted octanol–water partition coefficient (Wildman–Crippen LogP) is 1.01. The Bertz CT molecular complexity index is 363. The van der Waals surface area contributed by atoms with Gasteiger partial charge in [0.25, 0.3) is 0 Å². The fraction of sp³-hybridized carbons (Fsp3) is 0.500. The van der Waals surface area contributed by atoms with E-state index in [0.717, 1.165) is 5.56 Å². The average Bonchev–Trinajstić information content (AvgIpc) is 2.17. The molecule has 1 rings (SSSR count). The maximum absolute atomic E-state index is 12.0. The molecule has 0 saturated carbocycles. The molecule has 1 aromatic rings. The standard InChI is InChI=1S/C12H19N3O/c1-8(2)10(7-13)11(16)5-9-3-4-15-12(14)6-9/h3-4,6,8,10H,5,7,13H2,1-2H3,(H2,14,15). The van der Waals surface area contributed by atoms with Crippen LogP contribution in [-0.2, 0) is 11.2 Å². The molecule has 0 fully saturated rings. The quantitative estimate of drug-likeness (QED) is 0.777. The lowest BCUT2D eigenvalue weighted by Crippen LogP contribution is -2.29. The number of nitrogen functional groups attached to an aromatic ring is 1. The molecule has 16 heavy (non-hydrogen) atoms. The number of carbonyl (C=O) groups excluding carboxylic acids is 1. The van der Waals surface area contributed by atoms with Gasteiger partial charge < -0.3 is 11.5 Å². The zero-order valence-corrected chi connectivity index (χ0v) is 9.81. The van der Waals surface area contributed by atoms with Gasteiger partial charge in [0, 0.05) is 25.1 Å². The first-order chi connectivity index (χ1) is 7.54. The Labute approximate surface area is 96.0 Å². The molecule has 1 unspecified atom stereocenters. The topological polar surface area (TPSA) is 82.0 Å². The van der Waals surface area contributed by atoms with Crippen molar-refractivity contribution in [1.82, 2.24) is 4.98 Å². The lowest BCUT2D eigenvalue weighted by molar-refractivity contribution is -0.123. The van der Waals surface area contributed by atoms with Gasteiger partial charge in [0.05, 0.1) is 0 Å². The van der Waals surface area contributed by atoms with Crippen molar-refractivity contribution >= 4 is 11.6 Å². The first kappa shape index (κ1) is 12.6. The highest BCUT2D eigenvalue weighted by molar-refractivity contribution is 5.83. The largest absolute Gasteiger partial charge is 0.384 e. The fourth-order valence-electron chi connectivity index (χ4n) is 1.71. The van der Waals surface area contributed by atoms with Crippen LogP contribution < -0.4 is 11.5 Å². The molecule has 1 aromatic heterocycles. The number of carbonyl (C=O) groups is 1. The summed E-state index contributed by atoms with van der Waals surface area (Å²) in [6, 6.07) is 3.54. The molecule has 0 amide bonds. The van der Waals surface area contributed by atoms with Crippen molar-refractivity contribution in [2.45, 2.75) is 20.3 Å². The molecule has 0 spiro atoms. The Balaban J connectivity index is 2.70. The van der Waals surface area contributed by atoms with Crippen LogP contribution >= 0.6 is 0 Å². The second-order valence-electron chi connectivity index (χ2n) is 4.32. The van der Waals surface area contributed by atoms with Crippen molar-refractivity contribution < 1.29 is 4.79 Å². The van der Waals surface area contributed by atoms with Crippen molar-refractivity contribution in [3.63, 3.8) is 0 Å². The lowest BCUT2D eigenvalue weighted by Gasteiger charge is -2.17. The maximum atomic E-state index is 12.0. The van der Waals surface area contributed by atoms with E-state index in [-0.39, 0.29) is 17.6 Å². The van der Waals surface area contributed by atoms with Gasteiger partial charge >= 0.3 is 0 Å². The highest BCUT2D eigenvalue weighted by Gasteiger charge is 2.20. The van der Waals surface area contributed by atoms with Gasteiger partial charge in [-0.2, -0.15) is 0 Å². The second kappa shape index (κ2) is 5.61. The Hall–Kier alpha value is -1.42. The molecule has 0 aliphatic rings. The van der Waals surface area contributed by atoms with Gasteiger partial charge in [-0.3, -0.25) is 4.79 Å². The van der Waals surface area contributed by atoms with E-state index >= 15 is 0 Å². The molecule has 4 nitrogen and oxygen atoms in total. The van der Waals surface area contributed by atoms with Crippen molar-refractivity contribution in [2.24, 2.45) is 17.6 Å². The summed E-state index contributed by atoms with van der Waals surface area (Å²) in [7, 11) is 0. The number of hydrogen-bond donors (Lipinski definition) is 2. The SMILES string of the molecule is CC(C)C(CN)C(=O)Cc1ccnc(N)c1. The number of hydrogen-bond acceptors (Lipinski definition) is 4. The Morgan fingerprint density at radius 3 is 2.69 bits per heavy atom. The van der Waals surface area contributed by atoms with Gasteiger partial charge in [0.1, 0.15) is 11.6 Å². The molecule has 4 N–H and O–H groups in total. The minimum absolute atomic E-state index is 0.0746. The van der Waals surface area contributed by atoms with Crippen LogP contribution in [0.3, 0.4) is 0 Å². The van der Waals surface area contributed by atoms with Gasteiger partial charge in [0.2, 0.25) is 0 Å². The molecule has 0 aromatic carbocycles. The summed E-state index contributed by atoms with van der Waals surface area (Å²) in [5, 5.41) is 0. The number of nitrogens with zero attached hydrogens (tertiary/aromatic N) is 1. The highest BCUT2D eigenvalue weighted by atomic mass is 16.1. The van der Waals surface area contributed by atoms with Gasteiger partial charge in [0.15, 0.2) is 0 Å². The third-order valence-electron chi connectivity index (χ3n) is 2.70. The Morgan fingerprint density at radius 2 is 2.19 bits per heavy atom. The summed E-state index contributed by atoms with van der Waals surface area (Å²) in [6.45, 7) is 4.42. The summed E-state index contributed by atoms with van der Waals surface area (Å²) in [5.41, 5.74) is 12.1. The van der Waals surface area contributed by atoms with Crippen molar-refractivity contribution in [2.75, 3.05) is 12.3 Å². The van der Waals surface area contributed by atoms with Gasteiger partial charge in [-0.15, -0.1) is 0 Å². The van der Waals surface area contributed by atoms with Gasteiger partial charge in [-0.05, 0) is 23.6 Å². The number of anilines is 1. The second-order valence-corrected chi connectivity index (χ2v) is 4.32. The lowest BCUT2D eigenvalue weighted by atomic mass is 9.88. The monoisotopic (exact) mass is 221 g/mol. The van der Waals surface area contributed by atoms with Crippen LogP contribution in [0, 0.1) is 11.8 Å². The summed E-state index contributed by atoms with van der Waals surface area (Å²) >= 11 is 0. The molecular formula is C12H19N3O. The van der Waals surface area contributed by atoms with Crippen LogP contribution in [0.15, 0.2) is 18.3 Å². The third kappa shape index (κ3) is 3.31. The van der Waals surface area contributed by atoms with Crippen molar-refractivity contribution in [3.05, 3.63) is 23.9 Å². The van der Waals surface area contributed by atoms with E-state index < -0.39 is 0 Å². The normalized spacial score (nSPS) is 12.8. The van der Waals surface area contributed by atoms with Crippen molar-refractivity contribution in [1.29, 1.82) is 0 Å². The summed E-state index contributed by atoms with van der Waals surface area (Å²) in [4.78, 5) is 15.8. The van der Waals surface area contributed by atoms with Gasteiger partial charge in [-0.25, -0.2) is 4.98 Å². The number of ketones is 1.